The standard InChI is InChI=1S/C30H22O10/c31-15-5-1-13(2-6-15)21-11-19(35)25-23(39-21)12-20(36)26(28(25)37)27-29(38)24-18(34)9-17(33)10-22(24)40-30(27)14-3-7-16(32)8-4-14/h1-10,12,21,27,30-34,36-37H,11H2. The van der Waals surface area contributed by atoms with E-state index in [0.717, 1.165) is 18.2 Å². The second-order valence-corrected chi connectivity index (χ2v) is 9.67. The van der Waals surface area contributed by atoms with Gasteiger partial charge >= 0.3 is 0 Å². The lowest BCUT2D eigenvalue weighted by Crippen LogP contribution is -2.31. The number of ether oxygens (including phenoxy) is 2. The van der Waals surface area contributed by atoms with Crippen molar-refractivity contribution in [1.29, 1.82) is 0 Å². The predicted molar refractivity (Wildman–Crippen MR) is 139 cm³/mol. The van der Waals surface area contributed by atoms with Crippen LogP contribution in [0.2, 0.25) is 0 Å². The SMILES string of the molecule is O=C1CC(c2ccc(O)cc2)Oc2cc(O)c(C3C(=O)c4c(O)cc(O)cc4OC3c3ccc(O)cc3)c(O)c21. The van der Waals surface area contributed by atoms with Crippen molar-refractivity contribution >= 4 is 11.6 Å². The van der Waals surface area contributed by atoms with Crippen LogP contribution < -0.4 is 9.47 Å². The number of carbonyl (C=O) groups is 2. The zero-order chi connectivity index (χ0) is 28.3. The van der Waals surface area contributed by atoms with E-state index in [4.69, 9.17) is 9.47 Å². The monoisotopic (exact) mass is 542 g/mol. The Hall–Kier alpha value is -5.38. The molecule has 3 atom stereocenters. The molecule has 10 nitrogen and oxygen atoms in total. The molecule has 4 aromatic carbocycles. The van der Waals surface area contributed by atoms with Crippen LogP contribution in [-0.4, -0.2) is 42.2 Å². The topological polar surface area (TPSA) is 174 Å². The van der Waals surface area contributed by atoms with Gasteiger partial charge in [-0.1, -0.05) is 24.3 Å². The van der Waals surface area contributed by atoms with Crippen LogP contribution in [0.25, 0.3) is 0 Å². The van der Waals surface area contributed by atoms with Crippen molar-refractivity contribution in [1.82, 2.24) is 0 Å². The molecule has 0 spiro atoms. The fraction of sp³-hybridized carbons (Fsp3) is 0.133. The van der Waals surface area contributed by atoms with Crippen LogP contribution >= 0.6 is 0 Å². The second kappa shape index (κ2) is 9.12. The minimum Gasteiger partial charge on any atom is -0.508 e. The van der Waals surface area contributed by atoms with Crippen LogP contribution in [0.15, 0.2) is 66.7 Å². The Morgan fingerprint density at radius 2 is 1.23 bits per heavy atom. The van der Waals surface area contributed by atoms with Crippen molar-refractivity contribution in [3.8, 4) is 46.0 Å². The van der Waals surface area contributed by atoms with Crippen LogP contribution in [0.1, 0.15) is 62.0 Å². The van der Waals surface area contributed by atoms with Gasteiger partial charge in [0.2, 0.25) is 0 Å². The molecular formula is C30H22O10. The maximum Gasteiger partial charge on any atom is 0.182 e. The van der Waals surface area contributed by atoms with Crippen LogP contribution in [0.3, 0.4) is 0 Å². The highest BCUT2D eigenvalue weighted by atomic mass is 16.5. The number of hydrogen-bond acceptors (Lipinski definition) is 10. The van der Waals surface area contributed by atoms with Crippen molar-refractivity contribution in [2.75, 3.05) is 0 Å². The molecule has 40 heavy (non-hydrogen) atoms. The normalized spacial score (nSPS) is 19.8. The van der Waals surface area contributed by atoms with E-state index in [1.165, 1.54) is 36.4 Å². The minimum absolute atomic E-state index is 0.0385. The first-order valence-electron chi connectivity index (χ1n) is 12.3. The van der Waals surface area contributed by atoms with E-state index < -0.39 is 46.9 Å². The van der Waals surface area contributed by atoms with Gasteiger partial charge in [-0.25, -0.2) is 0 Å². The van der Waals surface area contributed by atoms with Crippen LogP contribution in [0.4, 0.5) is 0 Å². The molecule has 6 rings (SSSR count). The van der Waals surface area contributed by atoms with Crippen molar-refractivity contribution in [2.45, 2.75) is 24.5 Å². The van der Waals surface area contributed by atoms with Gasteiger partial charge in [0.05, 0.1) is 17.9 Å². The Morgan fingerprint density at radius 3 is 1.88 bits per heavy atom. The molecule has 10 heteroatoms. The summed E-state index contributed by atoms with van der Waals surface area (Å²) in [7, 11) is 0. The molecule has 0 amide bonds. The number of phenols is 6. The van der Waals surface area contributed by atoms with E-state index in [0.29, 0.717) is 11.1 Å². The number of carbonyl (C=O) groups excluding carboxylic acids is 2. The highest BCUT2D eigenvalue weighted by molar-refractivity contribution is 6.09. The minimum atomic E-state index is -1.44. The molecule has 0 aliphatic carbocycles. The summed E-state index contributed by atoms with van der Waals surface area (Å²) < 4.78 is 12.0. The molecule has 3 unspecified atom stereocenters. The molecule has 6 N–H and O–H groups in total. The van der Waals surface area contributed by atoms with Crippen molar-refractivity contribution in [2.24, 2.45) is 0 Å². The van der Waals surface area contributed by atoms with Crippen molar-refractivity contribution in [3.63, 3.8) is 0 Å². The van der Waals surface area contributed by atoms with E-state index in [1.54, 1.807) is 12.1 Å². The molecular weight excluding hydrogens is 520 g/mol. The van der Waals surface area contributed by atoms with E-state index in [1.807, 2.05) is 0 Å². The van der Waals surface area contributed by atoms with E-state index >= 15 is 0 Å². The number of hydrogen-bond donors (Lipinski definition) is 6. The molecule has 2 aliphatic rings. The maximum atomic E-state index is 13.9. The zero-order valence-corrected chi connectivity index (χ0v) is 20.6. The Balaban J connectivity index is 1.49. The fourth-order valence-corrected chi connectivity index (χ4v) is 5.29. The average Bonchev–Trinajstić information content (AvgIpc) is 2.89. The Bertz CT molecular complexity index is 1670. The van der Waals surface area contributed by atoms with E-state index in [-0.39, 0.29) is 51.9 Å². The lowest BCUT2D eigenvalue weighted by molar-refractivity contribution is 0.0759. The first kappa shape index (κ1) is 24.9. The van der Waals surface area contributed by atoms with Gasteiger partial charge in [-0.2, -0.15) is 0 Å². The van der Waals surface area contributed by atoms with Gasteiger partial charge in [0.15, 0.2) is 11.6 Å². The first-order chi connectivity index (χ1) is 19.1. The second-order valence-electron chi connectivity index (χ2n) is 9.67. The van der Waals surface area contributed by atoms with E-state index in [2.05, 4.69) is 0 Å². The summed E-state index contributed by atoms with van der Waals surface area (Å²) in [5.74, 6) is -5.05. The van der Waals surface area contributed by atoms with E-state index in [9.17, 15) is 40.2 Å². The van der Waals surface area contributed by atoms with Gasteiger partial charge in [-0.3, -0.25) is 9.59 Å². The largest absolute Gasteiger partial charge is 0.508 e. The third kappa shape index (κ3) is 3.97. The van der Waals surface area contributed by atoms with Gasteiger partial charge in [-0.05, 0) is 35.4 Å². The number of fused-ring (bicyclic) bond motifs is 2. The summed E-state index contributed by atoms with van der Waals surface area (Å²) in [6.07, 6.45) is -2.10. The van der Waals surface area contributed by atoms with Crippen molar-refractivity contribution in [3.05, 3.63) is 94.5 Å². The Kier molecular flexibility index (Phi) is 5.69. The number of Topliss-reactive ketones (excluding diaryl/α,β-unsaturated/α-hetero) is 2. The van der Waals surface area contributed by atoms with Crippen molar-refractivity contribution < 1.29 is 49.7 Å². The molecule has 0 radical (unpaired) electrons. The molecule has 0 fully saturated rings. The highest BCUT2D eigenvalue weighted by Crippen LogP contribution is 2.54. The van der Waals surface area contributed by atoms with Crippen LogP contribution in [0.5, 0.6) is 46.0 Å². The molecule has 202 valence electrons. The third-order valence-corrected chi connectivity index (χ3v) is 7.15. The van der Waals surface area contributed by atoms with Gasteiger partial charge in [0, 0.05) is 18.2 Å². The number of rotatable bonds is 3. The smallest absolute Gasteiger partial charge is 0.182 e. The van der Waals surface area contributed by atoms with Gasteiger partial charge < -0.3 is 40.1 Å². The van der Waals surface area contributed by atoms with Crippen LogP contribution in [-0.2, 0) is 0 Å². The maximum absolute atomic E-state index is 13.9. The number of benzene rings is 4. The van der Waals surface area contributed by atoms with Crippen LogP contribution in [0, 0.1) is 0 Å². The fourth-order valence-electron chi connectivity index (χ4n) is 5.29. The lowest BCUT2D eigenvalue weighted by Gasteiger charge is -2.35. The van der Waals surface area contributed by atoms with Gasteiger partial charge in [0.25, 0.3) is 0 Å². The number of aromatic hydroxyl groups is 6. The molecule has 4 aromatic rings. The Labute approximate surface area is 226 Å². The predicted octanol–water partition coefficient (Wildman–Crippen LogP) is 4.73. The molecule has 0 saturated carbocycles. The molecule has 2 heterocycles. The van der Waals surface area contributed by atoms with Gasteiger partial charge in [-0.15, -0.1) is 0 Å². The molecule has 2 aliphatic heterocycles. The lowest BCUT2D eigenvalue weighted by atomic mass is 9.78. The highest BCUT2D eigenvalue weighted by Gasteiger charge is 2.45. The Morgan fingerprint density at radius 1 is 0.625 bits per heavy atom. The number of ketones is 2. The summed E-state index contributed by atoms with van der Waals surface area (Å²) in [6, 6.07) is 15.0. The molecule has 0 saturated heterocycles. The first-order valence-corrected chi connectivity index (χ1v) is 12.3. The summed E-state index contributed by atoms with van der Waals surface area (Å²) in [5, 5.41) is 62.3. The third-order valence-electron chi connectivity index (χ3n) is 7.15. The summed E-state index contributed by atoms with van der Waals surface area (Å²) in [5.41, 5.74) is 0.166. The summed E-state index contributed by atoms with van der Waals surface area (Å²) in [6.45, 7) is 0. The van der Waals surface area contributed by atoms with Gasteiger partial charge in [0.1, 0.15) is 69.3 Å². The average molecular weight is 542 g/mol. The number of phenolic OH excluding ortho intramolecular Hbond substituents is 6. The summed E-state index contributed by atoms with van der Waals surface area (Å²) in [4.78, 5) is 27.2. The quantitative estimate of drug-likeness (QED) is 0.212. The molecule has 0 bridgehead atoms. The molecule has 0 aromatic heterocycles. The summed E-state index contributed by atoms with van der Waals surface area (Å²) >= 11 is 0. The zero-order valence-electron chi connectivity index (χ0n) is 20.6.